The zero-order valence-electron chi connectivity index (χ0n) is 5.83. The minimum atomic E-state index is -1.25. The summed E-state index contributed by atoms with van der Waals surface area (Å²) in [7, 11) is 1.25. The molecule has 1 rings (SSSR count). The highest BCUT2D eigenvalue weighted by atomic mass is 16.2. The second-order valence-corrected chi connectivity index (χ2v) is 2.17. The van der Waals surface area contributed by atoms with Crippen LogP contribution in [0.2, 0.25) is 0 Å². The van der Waals surface area contributed by atoms with E-state index in [1.165, 1.54) is 7.05 Å². The van der Waals surface area contributed by atoms with Gasteiger partial charge >= 0.3 is 6.03 Å². The second-order valence-electron chi connectivity index (χ2n) is 2.17. The van der Waals surface area contributed by atoms with E-state index in [0.29, 0.717) is 0 Å². The molecule has 0 aromatic heterocycles. The summed E-state index contributed by atoms with van der Waals surface area (Å²) in [5, 5.41) is 1.91. The molecule has 0 radical (unpaired) electrons. The standard InChI is InChI=1S/C5H7N3O3/c1-8-4(10)2(6)3(9)7-5(8)11/h2H,6H2,1H3,(H,7,9,11)/t2-/m0/s1. The van der Waals surface area contributed by atoms with Crippen molar-refractivity contribution >= 4 is 17.8 Å². The van der Waals surface area contributed by atoms with Crippen molar-refractivity contribution in [1.29, 1.82) is 0 Å². The first-order chi connectivity index (χ1) is 5.04. The van der Waals surface area contributed by atoms with Gasteiger partial charge in [0, 0.05) is 7.05 Å². The van der Waals surface area contributed by atoms with Crippen LogP contribution in [0.3, 0.4) is 0 Å². The number of nitrogens with one attached hydrogen (secondary N) is 1. The predicted molar refractivity (Wildman–Crippen MR) is 34.3 cm³/mol. The van der Waals surface area contributed by atoms with E-state index < -0.39 is 23.9 Å². The largest absolute Gasteiger partial charge is 0.330 e. The maximum absolute atomic E-state index is 10.9. The molecule has 0 aromatic carbocycles. The Hall–Kier alpha value is -1.43. The Morgan fingerprint density at radius 1 is 1.45 bits per heavy atom. The minimum absolute atomic E-state index is 0.682. The number of hydrogen-bond donors (Lipinski definition) is 2. The summed E-state index contributed by atoms with van der Waals surface area (Å²) in [4.78, 5) is 33.0. The molecule has 0 saturated carbocycles. The van der Waals surface area contributed by atoms with E-state index in [-0.39, 0.29) is 0 Å². The third-order valence-corrected chi connectivity index (χ3v) is 1.41. The summed E-state index contributed by atoms with van der Waals surface area (Å²) >= 11 is 0. The number of carbonyl (C=O) groups excluding carboxylic acids is 3. The lowest BCUT2D eigenvalue weighted by molar-refractivity contribution is -0.137. The van der Waals surface area contributed by atoms with E-state index in [0.717, 1.165) is 4.90 Å². The number of nitrogens with zero attached hydrogens (tertiary/aromatic N) is 1. The molecule has 1 aliphatic rings. The van der Waals surface area contributed by atoms with Crippen molar-refractivity contribution in [3.8, 4) is 0 Å². The zero-order valence-corrected chi connectivity index (χ0v) is 5.83. The Kier molecular flexibility index (Phi) is 1.61. The molecule has 0 spiro atoms. The molecule has 6 nitrogen and oxygen atoms in total. The zero-order chi connectivity index (χ0) is 8.59. The molecule has 1 saturated heterocycles. The third-order valence-electron chi connectivity index (χ3n) is 1.41. The fourth-order valence-corrected chi connectivity index (χ4v) is 0.688. The normalized spacial score (nSPS) is 25.5. The summed E-state index contributed by atoms with van der Waals surface area (Å²) in [5.74, 6) is -1.43. The number of hydrogen-bond acceptors (Lipinski definition) is 4. The monoisotopic (exact) mass is 157 g/mol. The fraction of sp³-hybridized carbons (Fsp3) is 0.400. The molecule has 1 atom stereocenters. The highest BCUT2D eigenvalue weighted by Crippen LogP contribution is 1.97. The molecule has 4 amide bonds. The van der Waals surface area contributed by atoms with Gasteiger partial charge in [-0.05, 0) is 0 Å². The fourth-order valence-electron chi connectivity index (χ4n) is 0.688. The third kappa shape index (κ3) is 1.07. The van der Waals surface area contributed by atoms with Crippen LogP contribution >= 0.6 is 0 Å². The first-order valence-corrected chi connectivity index (χ1v) is 2.92. The van der Waals surface area contributed by atoms with Gasteiger partial charge in [-0.2, -0.15) is 0 Å². The molecule has 0 unspecified atom stereocenters. The highest BCUT2D eigenvalue weighted by Gasteiger charge is 2.35. The molecule has 6 heteroatoms. The molecular weight excluding hydrogens is 150 g/mol. The average Bonchev–Trinajstić information content (AvgIpc) is 1.97. The summed E-state index contributed by atoms with van der Waals surface area (Å²) < 4.78 is 0. The average molecular weight is 157 g/mol. The Morgan fingerprint density at radius 2 is 2.00 bits per heavy atom. The molecule has 1 fully saturated rings. The number of amides is 4. The Labute approximate surface area is 62.3 Å². The van der Waals surface area contributed by atoms with Crippen molar-refractivity contribution in [1.82, 2.24) is 10.2 Å². The summed E-state index contributed by atoms with van der Waals surface area (Å²) in [5.41, 5.74) is 5.12. The number of likely N-dealkylation sites (N-methyl/N-ethyl adjacent to an activating group) is 1. The van der Waals surface area contributed by atoms with E-state index in [9.17, 15) is 14.4 Å². The summed E-state index contributed by atoms with van der Waals surface area (Å²) in [6.45, 7) is 0. The molecule has 11 heavy (non-hydrogen) atoms. The molecule has 1 aliphatic heterocycles. The molecule has 0 aliphatic carbocycles. The van der Waals surface area contributed by atoms with Crippen molar-refractivity contribution in [3.63, 3.8) is 0 Å². The van der Waals surface area contributed by atoms with Gasteiger partial charge in [0.15, 0.2) is 6.04 Å². The molecule has 0 aromatic rings. The van der Waals surface area contributed by atoms with Crippen LogP contribution in [0, 0.1) is 0 Å². The van der Waals surface area contributed by atoms with Crippen molar-refractivity contribution < 1.29 is 14.4 Å². The van der Waals surface area contributed by atoms with Crippen molar-refractivity contribution in [3.05, 3.63) is 0 Å². The maximum atomic E-state index is 10.9. The molecular formula is C5H7N3O3. The molecule has 60 valence electrons. The highest BCUT2D eigenvalue weighted by molar-refractivity contribution is 6.18. The Bertz CT molecular complexity index is 215. The van der Waals surface area contributed by atoms with Gasteiger partial charge in [-0.15, -0.1) is 0 Å². The van der Waals surface area contributed by atoms with Crippen LogP contribution < -0.4 is 11.1 Å². The lowest BCUT2D eigenvalue weighted by Crippen LogP contribution is -2.62. The van der Waals surface area contributed by atoms with Gasteiger partial charge in [0.2, 0.25) is 0 Å². The van der Waals surface area contributed by atoms with Crippen LogP contribution in [0.15, 0.2) is 0 Å². The Morgan fingerprint density at radius 3 is 2.55 bits per heavy atom. The van der Waals surface area contributed by atoms with Crippen LogP contribution in [0.1, 0.15) is 0 Å². The van der Waals surface area contributed by atoms with Crippen LogP contribution in [-0.2, 0) is 9.59 Å². The summed E-state index contributed by atoms with van der Waals surface area (Å²) in [6.07, 6.45) is 0. The van der Waals surface area contributed by atoms with Gasteiger partial charge in [0.1, 0.15) is 0 Å². The predicted octanol–water partition coefficient (Wildman–Crippen LogP) is -1.98. The number of barbiturate groups is 1. The maximum Gasteiger partial charge on any atom is 0.330 e. The van der Waals surface area contributed by atoms with Gasteiger partial charge in [-0.3, -0.25) is 19.8 Å². The quantitative estimate of drug-likeness (QED) is 0.398. The number of urea groups is 1. The SMILES string of the molecule is CN1C(=O)NC(=O)[C@H](N)C1=O. The van der Waals surface area contributed by atoms with Gasteiger partial charge < -0.3 is 5.73 Å². The first kappa shape index (κ1) is 7.67. The van der Waals surface area contributed by atoms with E-state index >= 15 is 0 Å². The van der Waals surface area contributed by atoms with Gasteiger partial charge in [-0.25, -0.2) is 4.79 Å². The van der Waals surface area contributed by atoms with Crippen LogP contribution in [0.4, 0.5) is 4.79 Å². The van der Waals surface area contributed by atoms with Gasteiger partial charge in [0.25, 0.3) is 11.8 Å². The molecule has 3 N–H and O–H groups in total. The van der Waals surface area contributed by atoms with Crippen molar-refractivity contribution in [2.75, 3.05) is 7.05 Å². The number of nitrogens with two attached hydrogens (primary N) is 1. The van der Waals surface area contributed by atoms with Crippen molar-refractivity contribution in [2.45, 2.75) is 6.04 Å². The Balaban J connectivity index is 2.87. The van der Waals surface area contributed by atoms with E-state index in [2.05, 4.69) is 0 Å². The van der Waals surface area contributed by atoms with Crippen LogP contribution in [-0.4, -0.2) is 35.8 Å². The van der Waals surface area contributed by atoms with E-state index in [4.69, 9.17) is 5.73 Å². The minimum Gasteiger partial charge on any atom is -0.312 e. The summed E-state index contributed by atoms with van der Waals surface area (Å²) in [6, 6.07) is -1.99. The first-order valence-electron chi connectivity index (χ1n) is 2.92. The second kappa shape index (κ2) is 2.31. The van der Waals surface area contributed by atoms with Crippen LogP contribution in [0.5, 0.6) is 0 Å². The van der Waals surface area contributed by atoms with Gasteiger partial charge in [0.05, 0.1) is 0 Å². The van der Waals surface area contributed by atoms with Crippen LogP contribution in [0.25, 0.3) is 0 Å². The molecule has 1 heterocycles. The number of rotatable bonds is 0. The number of carbonyl (C=O) groups is 3. The smallest absolute Gasteiger partial charge is 0.312 e. The topological polar surface area (TPSA) is 92.5 Å². The van der Waals surface area contributed by atoms with E-state index in [1.807, 2.05) is 5.32 Å². The number of imide groups is 2. The molecule has 0 bridgehead atoms. The van der Waals surface area contributed by atoms with Crippen molar-refractivity contribution in [2.24, 2.45) is 5.73 Å². The van der Waals surface area contributed by atoms with Gasteiger partial charge in [-0.1, -0.05) is 0 Å². The lowest BCUT2D eigenvalue weighted by Gasteiger charge is -2.24. The lowest BCUT2D eigenvalue weighted by atomic mass is 10.2. The van der Waals surface area contributed by atoms with E-state index in [1.54, 1.807) is 0 Å².